The molecule has 0 N–H and O–H groups in total. The van der Waals surface area contributed by atoms with Crippen LogP contribution in [0.4, 0.5) is 0 Å². The third kappa shape index (κ3) is 2.81. The number of benzene rings is 1. The van der Waals surface area contributed by atoms with E-state index in [1.54, 1.807) is 12.3 Å². The Labute approximate surface area is 127 Å². The van der Waals surface area contributed by atoms with Gasteiger partial charge in [0.2, 0.25) is 0 Å². The van der Waals surface area contributed by atoms with Crippen molar-refractivity contribution in [1.82, 2.24) is 14.0 Å². The van der Waals surface area contributed by atoms with Crippen molar-refractivity contribution >= 4 is 5.65 Å². The van der Waals surface area contributed by atoms with Gasteiger partial charge in [-0.2, -0.15) is 0 Å². The maximum Gasteiger partial charge on any atom is 0.353 e. The van der Waals surface area contributed by atoms with E-state index in [2.05, 4.69) is 4.98 Å². The van der Waals surface area contributed by atoms with Gasteiger partial charge >= 0.3 is 5.69 Å². The van der Waals surface area contributed by atoms with E-state index in [4.69, 9.17) is 9.47 Å². The van der Waals surface area contributed by atoms with Crippen LogP contribution in [0, 0.1) is 0 Å². The first kappa shape index (κ1) is 14.2. The number of aromatic nitrogens is 3. The first-order chi connectivity index (χ1) is 10.8. The number of hydrogen-bond donors (Lipinski definition) is 0. The van der Waals surface area contributed by atoms with Crippen molar-refractivity contribution < 1.29 is 9.47 Å². The molecule has 0 aliphatic heterocycles. The normalized spacial score (nSPS) is 10.8. The Bertz CT molecular complexity index is 823. The Balaban J connectivity index is 1.70. The SMILES string of the molecule is CCOc1ccccc1OCCn1ccn2c(=O)nccc12. The second-order valence-corrected chi connectivity index (χ2v) is 4.68. The topological polar surface area (TPSA) is 57.8 Å². The number of ether oxygens (including phenoxy) is 2. The highest BCUT2D eigenvalue weighted by Crippen LogP contribution is 2.26. The average Bonchev–Trinajstić information content (AvgIpc) is 2.94. The molecule has 0 spiro atoms. The molecule has 114 valence electrons. The highest BCUT2D eigenvalue weighted by Gasteiger charge is 2.05. The first-order valence-corrected chi connectivity index (χ1v) is 7.16. The predicted octanol–water partition coefficient (Wildman–Crippen LogP) is 1.97. The summed E-state index contributed by atoms with van der Waals surface area (Å²) in [6.45, 7) is 3.64. The fraction of sp³-hybridized carbons (Fsp3) is 0.250. The Hall–Kier alpha value is -2.76. The Kier molecular flexibility index (Phi) is 4.09. The summed E-state index contributed by atoms with van der Waals surface area (Å²) < 4.78 is 14.8. The molecular formula is C16H17N3O3. The molecule has 3 aromatic rings. The molecule has 6 nitrogen and oxygen atoms in total. The second kappa shape index (κ2) is 6.34. The molecule has 0 saturated heterocycles. The van der Waals surface area contributed by atoms with Crippen molar-refractivity contribution in [2.75, 3.05) is 13.2 Å². The van der Waals surface area contributed by atoms with Gasteiger partial charge in [-0.3, -0.25) is 4.40 Å². The molecular weight excluding hydrogens is 282 g/mol. The maximum atomic E-state index is 11.6. The van der Waals surface area contributed by atoms with E-state index in [0.29, 0.717) is 19.8 Å². The van der Waals surface area contributed by atoms with E-state index in [1.807, 2.05) is 42.0 Å². The number of fused-ring (bicyclic) bond motifs is 1. The monoisotopic (exact) mass is 299 g/mol. The summed E-state index contributed by atoms with van der Waals surface area (Å²) in [5.74, 6) is 1.46. The summed E-state index contributed by atoms with van der Waals surface area (Å²) in [5.41, 5.74) is 0.514. The van der Waals surface area contributed by atoms with Crippen molar-refractivity contribution in [3.05, 3.63) is 59.4 Å². The lowest BCUT2D eigenvalue weighted by Gasteiger charge is -2.12. The number of nitrogens with zero attached hydrogens (tertiary/aromatic N) is 3. The molecule has 2 aromatic heterocycles. The predicted molar refractivity (Wildman–Crippen MR) is 82.6 cm³/mol. The van der Waals surface area contributed by atoms with Crippen LogP contribution in [0.3, 0.4) is 0 Å². The highest BCUT2D eigenvalue weighted by molar-refractivity contribution is 5.40. The number of imidazole rings is 1. The Morgan fingerprint density at radius 2 is 1.86 bits per heavy atom. The molecule has 0 amide bonds. The molecule has 0 fully saturated rings. The summed E-state index contributed by atoms with van der Waals surface area (Å²) in [5, 5.41) is 0. The highest BCUT2D eigenvalue weighted by atomic mass is 16.5. The third-order valence-corrected chi connectivity index (χ3v) is 3.29. The van der Waals surface area contributed by atoms with Crippen LogP contribution in [0.2, 0.25) is 0 Å². The van der Waals surface area contributed by atoms with E-state index < -0.39 is 0 Å². The second-order valence-electron chi connectivity index (χ2n) is 4.68. The lowest BCUT2D eigenvalue weighted by molar-refractivity contribution is 0.267. The quantitative estimate of drug-likeness (QED) is 0.698. The lowest BCUT2D eigenvalue weighted by Crippen LogP contribution is -2.16. The third-order valence-electron chi connectivity index (χ3n) is 3.29. The molecule has 0 unspecified atom stereocenters. The molecule has 0 atom stereocenters. The first-order valence-electron chi connectivity index (χ1n) is 7.16. The standard InChI is InChI=1S/C16H17N3O3/c1-2-21-13-5-3-4-6-14(13)22-12-11-18-9-10-19-15(18)7-8-17-16(19)20/h3-10H,2,11-12H2,1H3. The summed E-state index contributed by atoms with van der Waals surface area (Å²) in [6.07, 6.45) is 5.06. The summed E-state index contributed by atoms with van der Waals surface area (Å²) in [6, 6.07) is 9.39. The largest absolute Gasteiger partial charge is 0.490 e. The minimum absolute atomic E-state index is 0.279. The van der Waals surface area contributed by atoms with Gasteiger partial charge < -0.3 is 14.0 Å². The molecule has 1 aromatic carbocycles. The minimum Gasteiger partial charge on any atom is -0.490 e. The summed E-state index contributed by atoms with van der Waals surface area (Å²) in [4.78, 5) is 15.3. The van der Waals surface area contributed by atoms with Gasteiger partial charge in [-0.25, -0.2) is 9.78 Å². The zero-order valence-corrected chi connectivity index (χ0v) is 12.3. The molecule has 0 radical (unpaired) electrons. The molecule has 2 heterocycles. The summed E-state index contributed by atoms with van der Waals surface area (Å²) in [7, 11) is 0. The van der Waals surface area contributed by atoms with Crippen molar-refractivity contribution in [3.8, 4) is 11.5 Å². The van der Waals surface area contributed by atoms with Crippen LogP contribution in [0.15, 0.2) is 53.7 Å². The Morgan fingerprint density at radius 3 is 2.64 bits per heavy atom. The summed E-state index contributed by atoms with van der Waals surface area (Å²) >= 11 is 0. The van der Waals surface area contributed by atoms with E-state index >= 15 is 0 Å². The molecule has 0 aliphatic carbocycles. The van der Waals surface area contributed by atoms with Crippen LogP contribution in [-0.2, 0) is 6.54 Å². The van der Waals surface area contributed by atoms with E-state index in [0.717, 1.165) is 17.1 Å². The van der Waals surface area contributed by atoms with Gasteiger partial charge in [0.1, 0.15) is 12.3 Å². The van der Waals surface area contributed by atoms with Crippen LogP contribution in [-0.4, -0.2) is 27.2 Å². The van der Waals surface area contributed by atoms with Crippen molar-refractivity contribution in [1.29, 1.82) is 0 Å². The molecule has 0 bridgehead atoms. The van der Waals surface area contributed by atoms with Crippen molar-refractivity contribution in [2.45, 2.75) is 13.5 Å². The van der Waals surface area contributed by atoms with Crippen LogP contribution in [0.5, 0.6) is 11.5 Å². The van der Waals surface area contributed by atoms with Crippen molar-refractivity contribution in [3.63, 3.8) is 0 Å². The van der Waals surface area contributed by atoms with Crippen molar-refractivity contribution in [2.24, 2.45) is 0 Å². The van der Waals surface area contributed by atoms with Crippen LogP contribution < -0.4 is 15.2 Å². The number of hydrogen-bond acceptors (Lipinski definition) is 4. The van der Waals surface area contributed by atoms with Gasteiger partial charge in [-0.1, -0.05) is 12.1 Å². The molecule has 22 heavy (non-hydrogen) atoms. The van der Waals surface area contributed by atoms with E-state index in [9.17, 15) is 4.79 Å². The van der Waals surface area contributed by atoms with Gasteiger partial charge in [0.15, 0.2) is 11.5 Å². The van der Waals surface area contributed by atoms with Crippen LogP contribution >= 0.6 is 0 Å². The molecule has 6 heteroatoms. The van der Waals surface area contributed by atoms with Gasteiger partial charge in [-0.15, -0.1) is 0 Å². The zero-order chi connectivity index (χ0) is 15.4. The smallest absolute Gasteiger partial charge is 0.353 e. The fourth-order valence-electron chi connectivity index (χ4n) is 2.29. The molecule has 0 aliphatic rings. The fourth-order valence-corrected chi connectivity index (χ4v) is 2.29. The van der Waals surface area contributed by atoms with Gasteiger partial charge in [0, 0.05) is 18.6 Å². The molecule has 0 saturated carbocycles. The van der Waals surface area contributed by atoms with E-state index in [1.165, 1.54) is 10.6 Å². The number of para-hydroxylation sites is 2. The lowest BCUT2D eigenvalue weighted by atomic mass is 10.3. The van der Waals surface area contributed by atoms with Gasteiger partial charge in [0.25, 0.3) is 0 Å². The Morgan fingerprint density at radius 1 is 1.09 bits per heavy atom. The minimum atomic E-state index is -0.279. The zero-order valence-electron chi connectivity index (χ0n) is 12.3. The van der Waals surface area contributed by atoms with Gasteiger partial charge in [-0.05, 0) is 25.1 Å². The van der Waals surface area contributed by atoms with Gasteiger partial charge in [0.05, 0.1) is 13.2 Å². The van der Waals surface area contributed by atoms with Crippen LogP contribution in [0.1, 0.15) is 6.92 Å². The molecule has 3 rings (SSSR count). The van der Waals surface area contributed by atoms with E-state index in [-0.39, 0.29) is 5.69 Å². The number of rotatable bonds is 6. The maximum absolute atomic E-state index is 11.6. The average molecular weight is 299 g/mol. The van der Waals surface area contributed by atoms with Crippen LogP contribution in [0.25, 0.3) is 5.65 Å².